The van der Waals surface area contributed by atoms with Crippen LogP contribution in [0.5, 0.6) is 0 Å². The summed E-state index contributed by atoms with van der Waals surface area (Å²) in [6, 6.07) is 11.0. The number of nitrogens with zero attached hydrogens (tertiary/aromatic N) is 3. The summed E-state index contributed by atoms with van der Waals surface area (Å²) in [6.45, 7) is 18.5. The van der Waals surface area contributed by atoms with Crippen molar-refractivity contribution in [3.63, 3.8) is 0 Å². The third-order valence-electron chi connectivity index (χ3n) is 5.24. The van der Waals surface area contributed by atoms with Crippen molar-refractivity contribution in [2.75, 3.05) is 0 Å². The van der Waals surface area contributed by atoms with Crippen molar-refractivity contribution in [1.82, 2.24) is 9.90 Å². The Balaban J connectivity index is 2.67. The molecular formula is C18H31N3OSi2. The Morgan fingerprint density at radius 3 is 2.04 bits per heavy atom. The summed E-state index contributed by atoms with van der Waals surface area (Å²) in [7, 11) is -3.40. The summed E-state index contributed by atoms with van der Waals surface area (Å²) in [5.74, 6) is 0. The summed E-state index contributed by atoms with van der Waals surface area (Å²) >= 11 is 0. The highest BCUT2D eigenvalue weighted by Crippen LogP contribution is 2.38. The molecule has 0 atom stereocenters. The molecule has 0 fully saturated rings. The van der Waals surface area contributed by atoms with Crippen LogP contribution >= 0.6 is 0 Å². The van der Waals surface area contributed by atoms with Crippen LogP contribution in [-0.4, -0.2) is 26.0 Å². The minimum Gasteiger partial charge on any atom is -0.691 e. The molecule has 0 aliphatic carbocycles. The second kappa shape index (κ2) is 6.15. The van der Waals surface area contributed by atoms with Crippen molar-refractivity contribution in [3.8, 4) is 5.69 Å². The van der Waals surface area contributed by atoms with E-state index >= 15 is 0 Å². The molecule has 0 radical (unpaired) electrons. The van der Waals surface area contributed by atoms with Crippen LogP contribution in [0.4, 0.5) is 0 Å². The van der Waals surface area contributed by atoms with E-state index in [0.29, 0.717) is 0 Å². The van der Waals surface area contributed by atoms with Gasteiger partial charge in [0.05, 0.1) is 13.3 Å². The van der Waals surface area contributed by atoms with Crippen LogP contribution in [0.15, 0.2) is 30.3 Å². The molecule has 0 amide bonds. The highest BCUT2D eigenvalue weighted by molar-refractivity contribution is 6.88. The zero-order valence-electron chi connectivity index (χ0n) is 16.3. The molecule has 4 nitrogen and oxygen atoms in total. The van der Waals surface area contributed by atoms with Crippen LogP contribution in [0.1, 0.15) is 26.5 Å². The molecule has 0 N–H and O–H groups in total. The van der Waals surface area contributed by atoms with Crippen molar-refractivity contribution >= 4 is 21.5 Å². The molecule has 0 bridgehead atoms. The second-order valence-electron chi connectivity index (χ2n) is 9.37. The first-order valence-electron chi connectivity index (χ1n) is 8.62. The monoisotopic (exact) mass is 361 g/mol. The number of aromatic nitrogens is 3. The van der Waals surface area contributed by atoms with Gasteiger partial charge in [-0.3, -0.25) is 0 Å². The number of hydrogen-bond donors (Lipinski definition) is 0. The lowest BCUT2D eigenvalue weighted by atomic mass is 10.2. The Hall–Kier alpha value is -1.41. The fraction of sp³-hybridized carbons (Fsp3) is 0.556. The minimum absolute atomic E-state index is 0.267. The molecule has 2 aromatic rings. The number of hydrogen-bond acceptors (Lipinski definition) is 2. The maximum absolute atomic E-state index is 12.7. The summed E-state index contributed by atoms with van der Waals surface area (Å²) in [5, 5.41) is 18.2. The van der Waals surface area contributed by atoms with E-state index in [4.69, 9.17) is 0 Å². The summed E-state index contributed by atoms with van der Waals surface area (Å²) in [5.41, 5.74) is 2.10. The van der Waals surface area contributed by atoms with Gasteiger partial charge in [-0.1, -0.05) is 76.4 Å². The van der Waals surface area contributed by atoms with E-state index < -0.39 is 16.1 Å². The molecule has 1 heterocycles. The lowest BCUT2D eigenvalue weighted by molar-refractivity contribution is -0.654. The van der Waals surface area contributed by atoms with Gasteiger partial charge in [0.1, 0.15) is 8.07 Å². The Morgan fingerprint density at radius 2 is 1.58 bits per heavy atom. The average molecular weight is 362 g/mol. The van der Waals surface area contributed by atoms with Crippen molar-refractivity contribution < 1.29 is 4.85 Å². The normalized spacial score (nSPS) is 13.3. The SMILES string of the molecule is CC(C)(C)[Si](C)(C)Cc1c([Si](C)(C)C)[n+]([O-])nn1-c1ccccc1. The fourth-order valence-electron chi connectivity index (χ4n) is 2.73. The molecule has 0 aliphatic heterocycles. The zero-order valence-corrected chi connectivity index (χ0v) is 18.3. The highest BCUT2D eigenvalue weighted by atomic mass is 28.3. The molecule has 24 heavy (non-hydrogen) atoms. The Kier molecular flexibility index (Phi) is 4.85. The van der Waals surface area contributed by atoms with E-state index in [9.17, 15) is 5.21 Å². The fourth-order valence-corrected chi connectivity index (χ4v) is 6.27. The van der Waals surface area contributed by atoms with Crippen molar-refractivity contribution in [3.05, 3.63) is 41.2 Å². The van der Waals surface area contributed by atoms with E-state index in [1.807, 2.05) is 35.0 Å². The van der Waals surface area contributed by atoms with Crippen LogP contribution in [0.25, 0.3) is 5.69 Å². The van der Waals surface area contributed by atoms with Gasteiger partial charge in [0, 0.05) is 6.04 Å². The van der Waals surface area contributed by atoms with Gasteiger partial charge < -0.3 is 5.21 Å². The maximum Gasteiger partial charge on any atom is 0.170 e. The van der Waals surface area contributed by atoms with E-state index in [-0.39, 0.29) is 5.04 Å². The van der Waals surface area contributed by atoms with Crippen LogP contribution in [0, 0.1) is 5.21 Å². The summed E-state index contributed by atoms with van der Waals surface area (Å²) < 4.78 is 1.89. The van der Waals surface area contributed by atoms with E-state index in [0.717, 1.165) is 27.6 Å². The largest absolute Gasteiger partial charge is 0.691 e. The first-order valence-corrected chi connectivity index (χ1v) is 15.3. The molecule has 0 aliphatic rings. The van der Waals surface area contributed by atoms with Gasteiger partial charge in [0.2, 0.25) is 0 Å². The molecule has 1 aromatic heterocycles. The van der Waals surface area contributed by atoms with Crippen LogP contribution in [0.3, 0.4) is 0 Å². The van der Waals surface area contributed by atoms with E-state index in [2.05, 4.69) is 58.7 Å². The van der Waals surface area contributed by atoms with Gasteiger partial charge in [0.15, 0.2) is 16.7 Å². The van der Waals surface area contributed by atoms with Gasteiger partial charge in [-0.25, -0.2) is 0 Å². The lowest BCUT2D eigenvalue weighted by Crippen LogP contribution is -2.59. The Morgan fingerprint density at radius 1 is 1.04 bits per heavy atom. The minimum atomic E-state index is -1.80. The molecule has 132 valence electrons. The van der Waals surface area contributed by atoms with Crippen molar-refractivity contribution in [2.45, 2.75) is 64.6 Å². The Labute approximate surface area is 148 Å². The van der Waals surface area contributed by atoms with Crippen LogP contribution in [0.2, 0.25) is 37.8 Å². The van der Waals surface area contributed by atoms with Gasteiger partial charge in [-0.2, -0.15) is 0 Å². The average Bonchev–Trinajstić information content (AvgIpc) is 2.74. The molecule has 0 unspecified atom stereocenters. The number of rotatable bonds is 4. The molecule has 6 heteroatoms. The summed E-state index contributed by atoms with van der Waals surface area (Å²) in [4.78, 5) is 0.891. The lowest BCUT2D eigenvalue weighted by Gasteiger charge is -2.36. The van der Waals surface area contributed by atoms with Gasteiger partial charge in [-0.15, -0.1) is 4.85 Å². The van der Waals surface area contributed by atoms with Gasteiger partial charge >= 0.3 is 0 Å². The first kappa shape index (κ1) is 18.9. The smallest absolute Gasteiger partial charge is 0.170 e. The highest BCUT2D eigenvalue weighted by Gasteiger charge is 2.42. The molecule has 1 aromatic carbocycles. The summed E-state index contributed by atoms with van der Waals surface area (Å²) in [6.07, 6.45) is 0. The van der Waals surface area contributed by atoms with Gasteiger partial charge in [0.25, 0.3) is 0 Å². The number of benzene rings is 1. The Bertz CT molecular complexity index is 710. The molecular weight excluding hydrogens is 330 g/mol. The molecule has 2 rings (SSSR count). The molecule has 0 saturated heterocycles. The first-order chi connectivity index (χ1) is 10.8. The molecule has 0 saturated carbocycles. The van der Waals surface area contributed by atoms with Gasteiger partial charge in [-0.05, 0) is 17.2 Å². The third kappa shape index (κ3) is 3.64. The predicted octanol–water partition coefficient (Wildman–Crippen LogP) is 3.64. The topological polar surface area (TPSA) is 44.8 Å². The van der Waals surface area contributed by atoms with E-state index in [1.165, 1.54) is 0 Å². The maximum atomic E-state index is 12.7. The van der Waals surface area contributed by atoms with Crippen molar-refractivity contribution in [1.29, 1.82) is 0 Å². The van der Waals surface area contributed by atoms with Crippen LogP contribution < -0.4 is 10.2 Å². The zero-order chi connectivity index (χ0) is 18.3. The molecule has 0 spiro atoms. The van der Waals surface area contributed by atoms with E-state index in [1.54, 1.807) is 0 Å². The van der Waals surface area contributed by atoms with Crippen LogP contribution in [-0.2, 0) is 6.04 Å². The standard InChI is InChI=1S/C18H31N3OSi2/c1-18(2,3)24(7,8)14-16-17(23(4,5)6)21(22)19-20(16)15-12-10-9-11-13-15/h9-13H,14H2,1-8H3. The quantitative estimate of drug-likeness (QED) is 0.474. The second-order valence-corrected chi connectivity index (χ2v) is 20.0. The van der Waals surface area contributed by atoms with Crippen molar-refractivity contribution in [2.24, 2.45) is 0 Å². The number of para-hydroxylation sites is 1. The predicted molar refractivity (Wildman–Crippen MR) is 106 cm³/mol. The third-order valence-corrected chi connectivity index (χ3v) is 12.4.